The second kappa shape index (κ2) is 4.80. The highest BCUT2D eigenvalue weighted by Gasteiger charge is 2.09. The van der Waals surface area contributed by atoms with E-state index in [1.165, 1.54) is 0 Å². The van der Waals surface area contributed by atoms with E-state index < -0.39 is 6.10 Å². The van der Waals surface area contributed by atoms with Crippen molar-refractivity contribution in [3.05, 3.63) is 36.2 Å². The van der Waals surface area contributed by atoms with Gasteiger partial charge >= 0.3 is 0 Å². The Bertz CT molecular complexity index is 441. The molecular weight excluding hydrogens is 206 g/mol. The van der Waals surface area contributed by atoms with E-state index in [1.54, 1.807) is 29.5 Å². The van der Waals surface area contributed by atoms with Gasteiger partial charge in [0.05, 0.1) is 30.7 Å². The Kier molecular flexibility index (Phi) is 3.21. The van der Waals surface area contributed by atoms with Crippen LogP contribution in [0, 0.1) is 0 Å². The Labute approximate surface area is 93.0 Å². The van der Waals surface area contributed by atoms with Crippen LogP contribution in [0.5, 0.6) is 0 Å². The highest BCUT2D eigenvalue weighted by atomic mass is 16.3. The summed E-state index contributed by atoms with van der Waals surface area (Å²) in [7, 11) is 0. The van der Waals surface area contributed by atoms with Crippen molar-refractivity contribution in [2.45, 2.75) is 26.0 Å². The zero-order valence-corrected chi connectivity index (χ0v) is 8.98. The first-order chi connectivity index (χ1) is 7.79. The molecule has 0 radical (unpaired) electrons. The summed E-state index contributed by atoms with van der Waals surface area (Å²) in [6.45, 7) is 2.41. The van der Waals surface area contributed by atoms with Crippen LogP contribution >= 0.6 is 0 Å². The molecule has 2 aromatic heterocycles. The molecule has 1 N–H and O–H groups in total. The van der Waals surface area contributed by atoms with Gasteiger partial charge in [-0.1, -0.05) is 12.1 Å². The van der Waals surface area contributed by atoms with Crippen LogP contribution < -0.4 is 0 Å². The summed E-state index contributed by atoms with van der Waals surface area (Å²) in [5.74, 6) is 0. The van der Waals surface area contributed by atoms with E-state index in [0.717, 1.165) is 5.69 Å². The van der Waals surface area contributed by atoms with Gasteiger partial charge in [-0.3, -0.25) is 9.97 Å². The molecule has 16 heavy (non-hydrogen) atoms. The zero-order valence-electron chi connectivity index (χ0n) is 8.98. The minimum Gasteiger partial charge on any atom is -0.387 e. The van der Waals surface area contributed by atoms with Crippen LogP contribution in [0.4, 0.5) is 0 Å². The van der Waals surface area contributed by atoms with Gasteiger partial charge in [0.1, 0.15) is 5.69 Å². The molecular formula is C10H13N5O. The van der Waals surface area contributed by atoms with Crippen LogP contribution in [0.25, 0.3) is 0 Å². The molecule has 0 aliphatic heterocycles. The highest BCUT2D eigenvalue weighted by Crippen LogP contribution is 2.12. The molecule has 6 nitrogen and oxygen atoms in total. The maximum absolute atomic E-state index is 9.56. The molecule has 0 aromatic carbocycles. The number of nitrogens with zero attached hydrogens (tertiary/aromatic N) is 5. The number of hydrogen-bond acceptors (Lipinski definition) is 5. The van der Waals surface area contributed by atoms with Crippen LogP contribution in [-0.4, -0.2) is 30.1 Å². The van der Waals surface area contributed by atoms with E-state index in [1.807, 2.05) is 6.92 Å². The van der Waals surface area contributed by atoms with Crippen molar-refractivity contribution >= 4 is 0 Å². The van der Waals surface area contributed by atoms with Gasteiger partial charge in [-0.15, -0.1) is 5.10 Å². The second-order valence-corrected chi connectivity index (χ2v) is 3.46. The van der Waals surface area contributed by atoms with E-state index in [4.69, 9.17) is 0 Å². The topological polar surface area (TPSA) is 76.7 Å². The molecule has 0 aliphatic carbocycles. The predicted octanol–water partition coefficient (Wildman–Crippen LogP) is 0.560. The van der Waals surface area contributed by atoms with Gasteiger partial charge in [-0.2, -0.15) is 0 Å². The third kappa shape index (κ3) is 2.40. The molecule has 2 aromatic rings. The lowest BCUT2D eigenvalue weighted by Gasteiger charge is -2.00. The minimum absolute atomic E-state index is 0.511. The first-order valence-corrected chi connectivity index (χ1v) is 5.12. The predicted molar refractivity (Wildman–Crippen MR) is 56.4 cm³/mol. The van der Waals surface area contributed by atoms with Gasteiger partial charge in [0.2, 0.25) is 0 Å². The highest BCUT2D eigenvalue weighted by molar-refractivity contribution is 5.00. The van der Waals surface area contributed by atoms with Crippen LogP contribution in [0.2, 0.25) is 0 Å². The molecule has 0 amide bonds. The van der Waals surface area contributed by atoms with Crippen LogP contribution in [-0.2, 0) is 6.54 Å². The molecule has 6 heteroatoms. The molecule has 84 valence electrons. The van der Waals surface area contributed by atoms with Gasteiger partial charge in [-0.05, 0) is 6.42 Å². The Morgan fingerprint density at radius 2 is 2.31 bits per heavy atom. The second-order valence-electron chi connectivity index (χ2n) is 3.46. The maximum atomic E-state index is 9.56. The lowest BCUT2D eigenvalue weighted by atomic mass is 10.2. The van der Waals surface area contributed by atoms with Crippen molar-refractivity contribution in [2.24, 2.45) is 0 Å². The fourth-order valence-corrected chi connectivity index (χ4v) is 1.33. The van der Waals surface area contributed by atoms with Gasteiger partial charge in [-0.25, -0.2) is 4.68 Å². The molecule has 2 rings (SSSR count). The summed E-state index contributed by atoms with van der Waals surface area (Å²) in [5, 5.41) is 17.4. The number of aliphatic hydroxyl groups excluding tert-OH is 1. The fraction of sp³-hybridized carbons (Fsp3) is 0.400. The van der Waals surface area contributed by atoms with Crippen LogP contribution in [0.3, 0.4) is 0 Å². The molecule has 0 saturated heterocycles. The average molecular weight is 219 g/mol. The Hall–Kier alpha value is -1.82. The van der Waals surface area contributed by atoms with E-state index in [-0.39, 0.29) is 0 Å². The molecule has 0 spiro atoms. The minimum atomic E-state index is -0.546. The Balaban J connectivity index is 2.09. The number of rotatable bonds is 4. The summed E-state index contributed by atoms with van der Waals surface area (Å²) < 4.78 is 1.64. The first-order valence-electron chi connectivity index (χ1n) is 5.12. The molecule has 0 fully saturated rings. The lowest BCUT2D eigenvalue weighted by Crippen LogP contribution is -2.02. The third-order valence-electron chi connectivity index (χ3n) is 2.23. The average Bonchev–Trinajstić information content (AvgIpc) is 2.78. The standard InChI is InChI=1S/C10H13N5O/c1-2-10(16)9-7-15(14-13-9)6-8-5-11-3-4-12-8/h3-5,7,10,16H,2,6H2,1H3. The van der Waals surface area contributed by atoms with Crippen molar-refractivity contribution in [1.82, 2.24) is 25.0 Å². The molecule has 1 unspecified atom stereocenters. The summed E-state index contributed by atoms with van der Waals surface area (Å²) in [6.07, 6.45) is 6.74. The summed E-state index contributed by atoms with van der Waals surface area (Å²) in [4.78, 5) is 8.10. The monoisotopic (exact) mass is 219 g/mol. The largest absolute Gasteiger partial charge is 0.387 e. The SMILES string of the molecule is CCC(O)c1cn(Cc2cnccn2)nn1. The lowest BCUT2D eigenvalue weighted by molar-refractivity contribution is 0.168. The Morgan fingerprint density at radius 3 is 3.00 bits per heavy atom. The summed E-state index contributed by atoms with van der Waals surface area (Å²) in [5.41, 5.74) is 1.40. The van der Waals surface area contributed by atoms with Gasteiger partial charge in [0.15, 0.2) is 0 Å². The van der Waals surface area contributed by atoms with Crippen molar-refractivity contribution in [3.8, 4) is 0 Å². The number of aliphatic hydroxyl groups is 1. The van der Waals surface area contributed by atoms with Crippen molar-refractivity contribution < 1.29 is 5.11 Å². The molecule has 0 bridgehead atoms. The smallest absolute Gasteiger partial charge is 0.111 e. The van der Waals surface area contributed by atoms with E-state index >= 15 is 0 Å². The van der Waals surface area contributed by atoms with Gasteiger partial charge in [0, 0.05) is 12.4 Å². The molecule has 0 saturated carbocycles. The van der Waals surface area contributed by atoms with Gasteiger partial charge in [0.25, 0.3) is 0 Å². The molecule has 2 heterocycles. The van der Waals surface area contributed by atoms with Crippen molar-refractivity contribution in [3.63, 3.8) is 0 Å². The first kappa shape index (κ1) is 10.7. The number of hydrogen-bond donors (Lipinski definition) is 1. The summed E-state index contributed by atoms with van der Waals surface area (Å²) in [6, 6.07) is 0. The van der Waals surface area contributed by atoms with E-state index in [0.29, 0.717) is 18.7 Å². The van der Waals surface area contributed by atoms with Crippen LogP contribution in [0.15, 0.2) is 24.8 Å². The van der Waals surface area contributed by atoms with Crippen molar-refractivity contribution in [1.29, 1.82) is 0 Å². The Morgan fingerprint density at radius 1 is 1.44 bits per heavy atom. The van der Waals surface area contributed by atoms with Gasteiger partial charge < -0.3 is 5.11 Å². The normalized spacial score (nSPS) is 12.6. The fourth-order valence-electron chi connectivity index (χ4n) is 1.33. The van der Waals surface area contributed by atoms with E-state index in [2.05, 4.69) is 20.3 Å². The molecule has 0 aliphatic rings. The third-order valence-corrected chi connectivity index (χ3v) is 2.23. The quantitative estimate of drug-likeness (QED) is 0.813. The van der Waals surface area contributed by atoms with Crippen molar-refractivity contribution in [2.75, 3.05) is 0 Å². The number of aromatic nitrogens is 5. The summed E-state index contributed by atoms with van der Waals surface area (Å²) >= 11 is 0. The zero-order chi connectivity index (χ0) is 11.4. The van der Waals surface area contributed by atoms with Crippen LogP contribution in [0.1, 0.15) is 30.8 Å². The maximum Gasteiger partial charge on any atom is 0.111 e. The molecule has 1 atom stereocenters. The van der Waals surface area contributed by atoms with E-state index in [9.17, 15) is 5.11 Å².